The zero-order chi connectivity index (χ0) is 6.85. The summed E-state index contributed by atoms with van der Waals surface area (Å²) >= 11 is 0. The molecule has 1 amide bonds. The van der Waals surface area contributed by atoms with Crippen LogP contribution in [0.5, 0.6) is 0 Å². The van der Waals surface area contributed by atoms with Crippen LogP contribution in [-0.4, -0.2) is 23.9 Å². The minimum atomic E-state index is 0.165. The Morgan fingerprint density at radius 2 is 2.11 bits per heavy atom. The molecule has 0 N–H and O–H groups in total. The van der Waals surface area contributed by atoms with E-state index in [0.29, 0.717) is 0 Å². The average molecular weight is 126 g/mol. The van der Waals surface area contributed by atoms with E-state index in [1.54, 1.807) is 0 Å². The fourth-order valence-electron chi connectivity index (χ4n) is 0.803. The summed E-state index contributed by atoms with van der Waals surface area (Å²) in [6.45, 7) is 5.58. The molecule has 1 aliphatic heterocycles. The molecule has 0 bridgehead atoms. The third kappa shape index (κ3) is 1.23. The van der Waals surface area contributed by atoms with Crippen LogP contribution in [0.4, 0.5) is 0 Å². The van der Waals surface area contributed by atoms with Gasteiger partial charge in [-0.3, -0.25) is 4.79 Å². The maximum Gasteiger partial charge on any atom is 0.225 e. The van der Waals surface area contributed by atoms with E-state index < -0.39 is 0 Å². The Kier molecular flexibility index (Phi) is 1.74. The van der Waals surface area contributed by atoms with E-state index in [-0.39, 0.29) is 11.8 Å². The van der Waals surface area contributed by atoms with E-state index in [4.69, 9.17) is 0 Å². The minimum Gasteiger partial charge on any atom is -0.342 e. The molecule has 0 aromatic carbocycles. The molecule has 1 saturated heterocycles. The third-order valence-electron chi connectivity index (χ3n) is 1.50. The van der Waals surface area contributed by atoms with Crippen LogP contribution in [0.15, 0.2) is 0 Å². The summed E-state index contributed by atoms with van der Waals surface area (Å²) in [7, 11) is 0. The van der Waals surface area contributed by atoms with Gasteiger partial charge in [-0.1, -0.05) is 13.8 Å². The second kappa shape index (κ2) is 2.38. The summed E-state index contributed by atoms with van der Waals surface area (Å²) in [5, 5.41) is 0. The number of hydrogen-bond acceptors (Lipinski definition) is 1. The van der Waals surface area contributed by atoms with Gasteiger partial charge in [0.15, 0.2) is 0 Å². The Morgan fingerprint density at radius 1 is 1.56 bits per heavy atom. The second-order valence-corrected chi connectivity index (χ2v) is 2.69. The number of likely N-dealkylation sites (tertiary alicyclic amines) is 1. The first-order valence-corrected chi connectivity index (χ1v) is 3.32. The smallest absolute Gasteiger partial charge is 0.225 e. The first-order valence-electron chi connectivity index (χ1n) is 3.32. The number of rotatable bonds is 1. The predicted molar refractivity (Wildman–Crippen MR) is 35.7 cm³/mol. The van der Waals surface area contributed by atoms with E-state index in [1.165, 1.54) is 0 Å². The predicted octanol–water partition coefficient (Wildman–Crippen LogP) is 0.689. The maximum absolute atomic E-state index is 11.0. The summed E-state index contributed by atoms with van der Waals surface area (Å²) in [6.07, 6.45) is 2.10. The van der Waals surface area contributed by atoms with Crippen molar-refractivity contribution in [3.05, 3.63) is 6.42 Å². The molecule has 1 heterocycles. The number of hydrogen-bond donors (Lipinski definition) is 0. The molecule has 0 aromatic rings. The van der Waals surface area contributed by atoms with Crippen molar-refractivity contribution < 1.29 is 4.79 Å². The van der Waals surface area contributed by atoms with E-state index in [2.05, 4.69) is 6.42 Å². The lowest BCUT2D eigenvalue weighted by atomic mass is 10.1. The van der Waals surface area contributed by atoms with Gasteiger partial charge in [-0.05, 0) is 0 Å². The molecule has 1 radical (unpaired) electrons. The third-order valence-corrected chi connectivity index (χ3v) is 1.50. The Balaban J connectivity index is 2.32. The van der Waals surface area contributed by atoms with Crippen LogP contribution in [0, 0.1) is 12.3 Å². The monoisotopic (exact) mass is 126 g/mol. The second-order valence-electron chi connectivity index (χ2n) is 2.69. The molecule has 0 aliphatic carbocycles. The zero-order valence-corrected chi connectivity index (χ0v) is 5.92. The van der Waals surface area contributed by atoms with Crippen molar-refractivity contribution in [2.75, 3.05) is 13.1 Å². The highest BCUT2D eigenvalue weighted by Crippen LogP contribution is 2.09. The molecular formula is C7H12NO. The van der Waals surface area contributed by atoms with Crippen molar-refractivity contribution in [2.24, 2.45) is 5.92 Å². The van der Waals surface area contributed by atoms with E-state index in [0.717, 1.165) is 13.1 Å². The molecule has 0 saturated carbocycles. The van der Waals surface area contributed by atoms with Gasteiger partial charge in [0, 0.05) is 25.4 Å². The molecule has 0 unspecified atom stereocenters. The van der Waals surface area contributed by atoms with Gasteiger partial charge < -0.3 is 4.90 Å². The molecule has 0 aromatic heterocycles. The van der Waals surface area contributed by atoms with Gasteiger partial charge in [0.1, 0.15) is 0 Å². The molecule has 2 heteroatoms. The lowest BCUT2D eigenvalue weighted by Gasteiger charge is -2.31. The standard InChI is InChI=1S/C7H12NO/c1-6(2)7(9)8-4-3-5-8/h3,6H,4-5H2,1-2H3. The van der Waals surface area contributed by atoms with E-state index in [9.17, 15) is 4.79 Å². The summed E-state index contributed by atoms with van der Waals surface area (Å²) in [5.41, 5.74) is 0. The molecule has 1 rings (SSSR count). The molecule has 0 atom stereocenters. The van der Waals surface area contributed by atoms with Gasteiger partial charge in [-0.25, -0.2) is 0 Å². The van der Waals surface area contributed by atoms with Crippen molar-refractivity contribution in [1.82, 2.24) is 4.90 Å². The number of nitrogens with zero attached hydrogens (tertiary/aromatic N) is 1. The minimum absolute atomic E-state index is 0.165. The lowest BCUT2D eigenvalue weighted by molar-refractivity contribution is -0.135. The van der Waals surface area contributed by atoms with Crippen LogP contribution in [0.1, 0.15) is 13.8 Å². The first-order chi connectivity index (χ1) is 4.22. The lowest BCUT2D eigenvalue weighted by Crippen LogP contribution is -2.44. The summed E-state index contributed by atoms with van der Waals surface area (Å²) in [5.74, 6) is 0.441. The highest BCUT2D eigenvalue weighted by atomic mass is 16.2. The number of carbonyl (C=O) groups is 1. The molecule has 1 aliphatic rings. The van der Waals surface area contributed by atoms with Crippen LogP contribution in [0.2, 0.25) is 0 Å². The van der Waals surface area contributed by atoms with E-state index >= 15 is 0 Å². The van der Waals surface area contributed by atoms with Crippen molar-refractivity contribution in [3.8, 4) is 0 Å². The van der Waals surface area contributed by atoms with Crippen LogP contribution in [-0.2, 0) is 4.79 Å². The van der Waals surface area contributed by atoms with Crippen LogP contribution >= 0.6 is 0 Å². The largest absolute Gasteiger partial charge is 0.342 e. The van der Waals surface area contributed by atoms with Crippen LogP contribution in [0.3, 0.4) is 0 Å². The summed E-state index contributed by atoms with van der Waals surface area (Å²) in [6, 6.07) is 0. The Bertz CT molecular complexity index is 116. The number of carbonyl (C=O) groups excluding carboxylic acids is 1. The molecule has 1 fully saturated rings. The molecule has 9 heavy (non-hydrogen) atoms. The zero-order valence-electron chi connectivity index (χ0n) is 5.92. The maximum atomic E-state index is 11.0. The van der Waals surface area contributed by atoms with Crippen molar-refractivity contribution >= 4 is 5.91 Å². The molecule has 0 spiro atoms. The number of amides is 1. The van der Waals surface area contributed by atoms with E-state index in [1.807, 2.05) is 18.7 Å². The van der Waals surface area contributed by atoms with Gasteiger partial charge in [0.2, 0.25) is 5.91 Å². The molecule has 2 nitrogen and oxygen atoms in total. The van der Waals surface area contributed by atoms with Gasteiger partial charge in [0.25, 0.3) is 0 Å². The normalized spacial score (nSPS) is 17.9. The van der Waals surface area contributed by atoms with Crippen molar-refractivity contribution in [2.45, 2.75) is 13.8 Å². The quantitative estimate of drug-likeness (QED) is 0.506. The fourth-order valence-corrected chi connectivity index (χ4v) is 0.803. The van der Waals surface area contributed by atoms with Gasteiger partial charge in [-0.15, -0.1) is 0 Å². The Hall–Kier alpha value is -0.530. The Morgan fingerprint density at radius 3 is 2.22 bits per heavy atom. The summed E-state index contributed by atoms with van der Waals surface area (Å²) in [4.78, 5) is 12.9. The molecule has 51 valence electrons. The van der Waals surface area contributed by atoms with Crippen molar-refractivity contribution in [1.29, 1.82) is 0 Å². The highest BCUT2D eigenvalue weighted by molar-refractivity contribution is 5.79. The van der Waals surface area contributed by atoms with Crippen LogP contribution < -0.4 is 0 Å². The fraction of sp³-hybridized carbons (Fsp3) is 0.714. The molecular weight excluding hydrogens is 114 g/mol. The van der Waals surface area contributed by atoms with Gasteiger partial charge in [-0.2, -0.15) is 0 Å². The first kappa shape index (κ1) is 6.59. The Labute approximate surface area is 55.8 Å². The van der Waals surface area contributed by atoms with Crippen molar-refractivity contribution in [3.63, 3.8) is 0 Å². The highest BCUT2D eigenvalue weighted by Gasteiger charge is 2.21. The SMILES string of the molecule is CC(C)C(=O)N1C[CH]C1. The van der Waals surface area contributed by atoms with Crippen LogP contribution in [0.25, 0.3) is 0 Å². The topological polar surface area (TPSA) is 20.3 Å². The summed E-state index contributed by atoms with van der Waals surface area (Å²) < 4.78 is 0. The van der Waals surface area contributed by atoms with Gasteiger partial charge >= 0.3 is 0 Å². The average Bonchev–Trinajstić information content (AvgIpc) is 1.60. The van der Waals surface area contributed by atoms with Gasteiger partial charge in [0.05, 0.1) is 0 Å².